The summed E-state index contributed by atoms with van der Waals surface area (Å²) in [5, 5.41) is 6.14. The Morgan fingerprint density at radius 3 is 2.50 bits per heavy atom. The lowest BCUT2D eigenvalue weighted by Gasteiger charge is -2.24. The van der Waals surface area contributed by atoms with E-state index in [0.29, 0.717) is 6.54 Å². The van der Waals surface area contributed by atoms with Crippen LogP contribution in [0.3, 0.4) is 0 Å². The number of rotatable bonds is 9. The summed E-state index contributed by atoms with van der Waals surface area (Å²) >= 11 is 0. The van der Waals surface area contributed by atoms with Gasteiger partial charge >= 0.3 is 0 Å². The molecule has 3 nitrogen and oxygen atoms in total. The number of hydrogen-bond donors (Lipinski definition) is 2. The molecule has 0 unspecified atom stereocenters. The quantitative estimate of drug-likeness (QED) is 0.673. The third-order valence-electron chi connectivity index (χ3n) is 3.40. The van der Waals surface area contributed by atoms with Gasteiger partial charge in [-0.1, -0.05) is 58.2 Å². The first-order chi connectivity index (χ1) is 9.53. The van der Waals surface area contributed by atoms with E-state index in [-0.39, 0.29) is 11.3 Å². The molecular formula is C17H28N2O. The molecule has 2 N–H and O–H groups in total. The molecule has 0 bridgehead atoms. The van der Waals surface area contributed by atoms with Crippen LogP contribution in [0.15, 0.2) is 30.3 Å². The van der Waals surface area contributed by atoms with Gasteiger partial charge in [0.25, 0.3) is 0 Å². The van der Waals surface area contributed by atoms with Gasteiger partial charge < -0.3 is 10.6 Å². The van der Waals surface area contributed by atoms with Crippen molar-refractivity contribution in [1.82, 2.24) is 5.32 Å². The van der Waals surface area contributed by atoms with Crippen LogP contribution in [0.5, 0.6) is 0 Å². The molecule has 0 aliphatic carbocycles. The van der Waals surface area contributed by atoms with Gasteiger partial charge in [0, 0.05) is 12.2 Å². The lowest BCUT2D eigenvalue weighted by Crippen LogP contribution is -2.35. The Kier molecular flexibility index (Phi) is 7.31. The molecule has 0 atom stereocenters. The van der Waals surface area contributed by atoms with E-state index >= 15 is 0 Å². The molecule has 0 aliphatic rings. The number of unbranched alkanes of at least 4 members (excludes halogenated alkanes) is 2. The monoisotopic (exact) mass is 276 g/mol. The van der Waals surface area contributed by atoms with Gasteiger partial charge in [0.1, 0.15) is 0 Å². The average molecular weight is 276 g/mol. The number of carbonyl (C=O) groups is 1. The molecule has 0 aromatic heterocycles. The molecule has 1 aromatic carbocycles. The van der Waals surface area contributed by atoms with Gasteiger partial charge in [0.2, 0.25) is 5.91 Å². The summed E-state index contributed by atoms with van der Waals surface area (Å²) < 4.78 is 0. The summed E-state index contributed by atoms with van der Waals surface area (Å²) in [4.78, 5) is 11.8. The average Bonchev–Trinajstić information content (AvgIpc) is 2.39. The molecule has 0 heterocycles. The van der Waals surface area contributed by atoms with Crippen molar-refractivity contribution in [3.8, 4) is 0 Å². The molecule has 1 amide bonds. The molecular weight excluding hydrogens is 248 g/mol. The Hall–Kier alpha value is -1.35. The zero-order valence-electron chi connectivity index (χ0n) is 13.0. The molecule has 0 spiro atoms. The molecule has 1 rings (SSSR count). The second-order valence-electron chi connectivity index (χ2n) is 6.14. The number of anilines is 1. The number of hydrogen-bond acceptors (Lipinski definition) is 2. The highest BCUT2D eigenvalue weighted by Gasteiger charge is 2.17. The zero-order chi connectivity index (χ0) is 14.8. The van der Waals surface area contributed by atoms with Crippen molar-refractivity contribution in [2.24, 2.45) is 5.41 Å². The summed E-state index contributed by atoms with van der Waals surface area (Å²) in [6, 6.07) is 9.56. The SMILES string of the molecule is CCCCCC(C)(C)CNCC(=O)Nc1ccccc1. The van der Waals surface area contributed by atoms with E-state index in [4.69, 9.17) is 0 Å². The first-order valence-corrected chi connectivity index (χ1v) is 7.59. The van der Waals surface area contributed by atoms with E-state index in [1.54, 1.807) is 0 Å². The second-order valence-corrected chi connectivity index (χ2v) is 6.14. The van der Waals surface area contributed by atoms with Gasteiger partial charge in [-0.3, -0.25) is 4.79 Å². The number of para-hydroxylation sites is 1. The molecule has 1 aromatic rings. The van der Waals surface area contributed by atoms with E-state index in [1.807, 2.05) is 30.3 Å². The van der Waals surface area contributed by atoms with E-state index in [1.165, 1.54) is 25.7 Å². The van der Waals surface area contributed by atoms with E-state index in [9.17, 15) is 4.79 Å². The summed E-state index contributed by atoms with van der Waals surface area (Å²) in [6.45, 7) is 7.97. The molecule has 0 aliphatic heterocycles. The van der Waals surface area contributed by atoms with Gasteiger partial charge in [-0.25, -0.2) is 0 Å². The van der Waals surface area contributed by atoms with E-state index in [0.717, 1.165) is 12.2 Å². The Labute approximate surface area is 123 Å². The summed E-state index contributed by atoms with van der Waals surface area (Å²) in [5.41, 5.74) is 1.10. The minimum atomic E-state index is 0.0144. The number of benzene rings is 1. The van der Waals surface area contributed by atoms with Crippen LogP contribution in [0.1, 0.15) is 46.5 Å². The summed E-state index contributed by atoms with van der Waals surface area (Å²) in [6.07, 6.45) is 5.01. The van der Waals surface area contributed by atoms with Gasteiger partial charge in [-0.2, -0.15) is 0 Å². The lowest BCUT2D eigenvalue weighted by atomic mass is 9.87. The first kappa shape index (κ1) is 16.7. The third kappa shape index (κ3) is 7.29. The Balaban J connectivity index is 2.21. The van der Waals surface area contributed by atoms with Crippen LogP contribution >= 0.6 is 0 Å². The molecule has 0 fully saturated rings. The highest BCUT2D eigenvalue weighted by atomic mass is 16.1. The normalized spacial score (nSPS) is 11.3. The minimum Gasteiger partial charge on any atom is -0.325 e. The van der Waals surface area contributed by atoms with Crippen LogP contribution in [-0.2, 0) is 4.79 Å². The molecule has 20 heavy (non-hydrogen) atoms. The van der Waals surface area contributed by atoms with Crippen LogP contribution in [-0.4, -0.2) is 19.0 Å². The maximum absolute atomic E-state index is 11.8. The predicted octanol–water partition coefficient (Wildman–Crippen LogP) is 3.82. The van der Waals surface area contributed by atoms with Crippen LogP contribution in [0.2, 0.25) is 0 Å². The topological polar surface area (TPSA) is 41.1 Å². The van der Waals surface area contributed by atoms with Gasteiger partial charge in [0.15, 0.2) is 0 Å². The lowest BCUT2D eigenvalue weighted by molar-refractivity contribution is -0.115. The van der Waals surface area contributed by atoms with Crippen LogP contribution in [0.25, 0.3) is 0 Å². The fourth-order valence-corrected chi connectivity index (χ4v) is 2.18. The van der Waals surface area contributed by atoms with E-state index in [2.05, 4.69) is 31.4 Å². The van der Waals surface area contributed by atoms with Crippen molar-refractivity contribution in [3.63, 3.8) is 0 Å². The smallest absolute Gasteiger partial charge is 0.238 e. The zero-order valence-corrected chi connectivity index (χ0v) is 13.0. The highest BCUT2D eigenvalue weighted by Crippen LogP contribution is 2.22. The highest BCUT2D eigenvalue weighted by molar-refractivity contribution is 5.92. The molecule has 112 valence electrons. The third-order valence-corrected chi connectivity index (χ3v) is 3.40. The van der Waals surface area contributed by atoms with Crippen molar-refractivity contribution in [1.29, 1.82) is 0 Å². The maximum Gasteiger partial charge on any atom is 0.238 e. The van der Waals surface area contributed by atoms with Crippen molar-refractivity contribution >= 4 is 11.6 Å². The molecule has 3 heteroatoms. The minimum absolute atomic E-state index is 0.0144. The summed E-state index contributed by atoms with van der Waals surface area (Å²) in [5.74, 6) is 0.0144. The number of carbonyl (C=O) groups excluding carboxylic acids is 1. The maximum atomic E-state index is 11.8. The number of nitrogens with one attached hydrogen (secondary N) is 2. The molecule has 0 radical (unpaired) electrons. The molecule has 0 saturated carbocycles. The van der Waals surface area contributed by atoms with Crippen molar-refractivity contribution in [3.05, 3.63) is 30.3 Å². The Morgan fingerprint density at radius 2 is 1.85 bits per heavy atom. The van der Waals surface area contributed by atoms with Crippen LogP contribution in [0.4, 0.5) is 5.69 Å². The van der Waals surface area contributed by atoms with Gasteiger partial charge in [-0.15, -0.1) is 0 Å². The van der Waals surface area contributed by atoms with Gasteiger partial charge in [0.05, 0.1) is 6.54 Å². The standard InChI is InChI=1S/C17H28N2O/c1-4-5-9-12-17(2,3)14-18-13-16(20)19-15-10-7-6-8-11-15/h6-8,10-11,18H,4-5,9,12-14H2,1-3H3,(H,19,20). The van der Waals surface area contributed by atoms with Crippen LogP contribution < -0.4 is 10.6 Å². The number of amides is 1. The first-order valence-electron chi connectivity index (χ1n) is 7.59. The van der Waals surface area contributed by atoms with Gasteiger partial charge in [-0.05, 0) is 24.0 Å². The fraction of sp³-hybridized carbons (Fsp3) is 0.588. The van der Waals surface area contributed by atoms with E-state index < -0.39 is 0 Å². The largest absolute Gasteiger partial charge is 0.325 e. The van der Waals surface area contributed by atoms with Crippen LogP contribution in [0, 0.1) is 5.41 Å². The predicted molar refractivity (Wildman–Crippen MR) is 85.9 cm³/mol. The Morgan fingerprint density at radius 1 is 1.15 bits per heavy atom. The fourth-order valence-electron chi connectivity index (χ4n) is 2.18. The molecule has 0 saturated heterocycles. The Bertz CT molecular complexity index is 387. The van der Waals surface area contributed by atoms with Crippen molar-refractivity contribution < 1.29 is 4.79 Å². The van der Waals surface area contributed by atoms with Crippen molar-refractivity contribution in [2.45, 2.75) is 46.5 Å². The summed E-state index contributed by atoms with van der Waals surface area (Å²) in [7, 11) is 0. The van der Waals surface area contributed by atoms with Crippen molar-refractivity contribution in [2.75, 3.05) is 18.4 Å². The second kappa shape index (κ2) is 8.75.